The Balaban J connectivity index is 1.97. The fourth-order valence-electron chi connectivity index (χ4n) is 3.47. The zero-order valence-corrected chi connectivity index (χ0v) is 14.1. The van der Waals surface area contributed by atoms with Crippen LogP contribution in [0.25, 0.3) is 11.0 Å². The van der Waals surface area contributed by atoms with Crippen LogP contribution in [0.2, 0.25) is 0 Å². The Morgan fingerprint density at radius 2 is 2.09 bits per heavy atom. The highest BCUT2D eigenvalue weighted by Gasteiger charge is 2.22. The second-order valence-corrected chi connectivity index (χ2v) is 6.64. The summed E-state index contributed by atoms with van der Waals surface area (Å²) in [6.45, 7) is 4.10. The van der Waals surface area contributed by atoms with E-state index in [0.29, 0.717) is 11.6 Å². The van der Waals surface area contributed by atoms with Crippen molar-refractivity contribution in [2.24, 2.45) is 0 Å². The van der Waals surface area contributed by atoms with Gasteiger partial charge in [-0.25, -0.2) is 4.79 Å². The number of benzene rings is 1. The smallest absolute Gasteiger partial charge is 0.326 e. The van der Waals surface area contributed by atoms with Gasteiger partial charge in [0.2, 0.25) is 0 Å². The highest BCUT2D eigenvalue weighted by Crippen LogP contribution is 2.30. The summed E-state index contributed by atoms with van der Waals surface area (Å²) in [6, 6.07) is 6.04. The number of nitrogens with one attached hydrogen (secondary N) is 1. The lowest BCUT2D eigenvalue weighted by molar-refractivity contribution is 0.0740. The molecule has 0 radical (unpaired) electrons. The topological polar surface area (TPSA) is 58.1 Å². The molecule has 2 aromatic rings. The number of rotatable bonds is 4. The maximum atomic E-state index is 12.6. The van der Waals surface area contributed by atoms with Crippen molar-refractivity contribution in [3.8, 4) is 0 Å². The molecule has 0 spiro atoms. The molecule has 1 aliphatic carbocycles. The van der Waals surface area contributed by atoms with Crippen LogP contribution in [0.1, 0.15) is 62.4 Å². The molecular weight excluding hydrogens is 290 g/mol. The van der Waals surface area contributed by atoms with Crippen LogP contribution in [0, 0.1) is 0 Å². The number of hydrogen-bond donors (Lipinski definition) is 1. The maximum absolute atomic E-state index is 12.6. The van der Waals surface area contributed by atoms with Crippen LogP contribution in [0.4, 0.5) is 0 Å². The van der Waals surface area contributed by atoms with Gasteiger partial charge in [0.15, 0.2) is 0 Å². The van der Waals surface area contributed by atoms with Crippen molar-refractivity contribution >= 4 is 16.9 Å². The van der Waals surface area contributed by atoms with Crippen LogP contribution in [-0.4, -0.2) is 33.4 Å². The van der Waals surface area contributed by atoms with Gasteiger partial charge >= 0.3 is 5.69 Å². The molecule has 3 rings (SSSR count). The van der Waals surface area contributed by atoms with E-state index in [4.69, 9.17) is 0 Å². The van der Waals surface area contributed by atoms with Gasteiger partial charge in [-0.1, -0.05) is 19.8 Å². The second-order valence-electron chi connectivity index (χ2n) is 6.64. The van der Waals surface area contributed by atoms with Crippen LogP contribution in [0.3, 0.4) is 0 Å². The van der Waals surface area contributed by atoms with Crippen LogP contribution in [0.5, 0.6) is 0 Å². The van der Waals surface area contributed by atoms with E-state index in [1.54, 1.807) is 4.90 Å². The first-order chi connectivity index (χ1) is 11.0. The summed E-state index contributed by atoms with van der Waals surface area (Å²) < 4.78 is 1.87. The third kappa shape index (κ3) is 2.80. The first-order valence-electron chi connectivity index (χ1n) is 8.54. The first kappa shape index (κ1) is 15.8. The van der Waals surface area contributed by atoms with E-state index >= 15 is 0 Å². The largest absolute Gasteiger partial charge is 0.339 e. The molecule has 124 valence electrons. The van der Waals surface area contributed by atoms with Crippen molar-refractivity contribution in [1.29, 1.82) is 0 Å². The predicted octanol–water partition coefficient (Wildman–Crippen LogP) is 3.32. The summed E-state index contributed by atoms with van der Waals surface area (Å²) in [6.07, 6.45) is 5.40. The zero-order valence-electron chi connectivity index (χ0n) is 14.1. The number of imidazole rings is 1. The van der Waals surface area contributed by atoms with Crippen LogP contribution < -0.4 is 5.69 Å². The lowest BCUT2D eigenvalue weighted by atomic mass is 10.1. The summed E-state index contributed by atoms with van der Waals surface area (Å²) in [7, 11) is 1.83. The molecule has 0 aliphatic heterocycles. The highest BCUT2D eigenvalue weighted by molar-refractivity contribution is 5.97. The summed E-state index contributed by atoms with van der Waals surface area (Å²) in [5.74, 6) is -0.00397. The average molecular weight is 315 g/mol. The molecule has 5 nitrogen and oxygen atoms in total. The second kappa shape index (κ2) is 6.22. The molecule has 1 fully saturated rings. The van der Waals surface area contributed by atoms with Crippen molar-refractivity contribution in [1.82, 2.24) is 14.5 Å². The minimum atomic E-state index is -0.0632. The molecule has 5 heteroatoms. The molecule has 1 atom stereocenters. The minimum absolute atomic E-state index is 0.00397. The molecule has 1 aromatic carbocycles. The standard InChI is InChI=1S/C18H25N3O2/c1-4-12(2)20(3)17(22)13-9-10-16-15(11-13)19-18(23)21(16)14-7-5-6-8-14/h9-12,14H,4-8H2,1-3H3,(H,19,23). The van der Waals surface area contributed by atoms with E-state index in [0.717, 1.165) is 30.3 Å². The van der Waals surface area contributed by atoms with Gasteiger partial charge in [-0.3, -0.25) is 9.36 Å². The molecule has 1 saturated carbocycles. The maximum Gasteiger partial charge on any atom is 0.326 e. The Morgan fingerprint density at radius 3 is 2.74 bits per heavy atom. The highest BCUT2D eigenvalue weighted by atomic mass is 16.2. The van der Waals surface area contributed by atoms with Gasteiger partial charge < -0.3 is 9.88 Å². The SMILES string of the molecule is CCC(C)N(C)C(=O)c1ccc2c(c1)[nH]c(=O)n2C1CCCC1. The number of amides is 1. The van der Waals surface area contributed by atoms with Crippen LogP contribution in [0.15, 0.2) is 23.0 Å². The number of H-pyrrole nitrogens is 1. The van der Waals surface area contributed by atoms with Gasteiger partial charge in [0.05, 0.1) is 11.0 Å². The fraction of sp³-hybridized carbons (Fsp3) is 0.556. The van der Waals surface area contributed by atoms with Gasteiger partial charge in [0.1, 0.15) is 0 Å². The number of carbonyl (C=O) groups is 1. The molecule has 1 amide bonds. The summed E-state index contributed by atoms with van der Waals surface area (Å²) in [4.78, 5) is 29.5. The minimum Gasteiger partial charge on any atom is -0.339 e. The lowest BCUT2D eigenvalue weighted by Crippen LogP contribution is -2.34. The Bertz CT molecular complexity index is 768. The number of carbonyl (C=O) groups excluding carboxylic acids is 1. The van der Waals surface area contributed by atoms with Crippen LogP contribution in [-0.2, 0) is 0 Å². The third-order valence-electron chi connectivity index (χ3n) is 5.23. The van der Waals surface area contributed by atoms with E-state index in [2.05, 4.69) is 11.9 Å². The summed E-state index contributed by atoms with van der Waals surface area (Å²) in [5, 5.41) is 0. The van der Waals surface area contributed by atoms with Gasteiger partial charge in [-0.2, -0.15) is 0 Å². The third-order valence-corrected chi connectivity index (χ3v) is 5.23. The summed E-state index contributed by atoms with van der Waals surface area (Å²) >= 11 is 0. The van der Waals surface area contributed by atoms with E-state index in [9.17, 15) is 9.59 Å². The van der Waals surface area contributed by atoms with Crippen molar-refractivity contribution in [2.75, 3.05) is 7.05 Å². The van der Waals surface area contributed by atoms with Crippen molar-refractivity contribution in [3.63, 3.8) is 0 Å². The monoisotopic (exact) mass is 315 g/mol. The number of fused-ring (bicyclic) bond motifs is 1. The van der Waals surface area contributed by atoms with E-state index in [1.807, 2.05) is 36.7 Å². The van der Waals surface area contributed by atoms with Crippen LogP contribution >= 0.6 is 0 Å². The van der Waals surface area contributed by atoms with Gasteiger partial charge in [-0.15, -0.1) is 0 Å². The number of hydrogen-bond acceptors (Lipinski definition) is 2. The Kier molecular flexibility index (Phi) is 4.28. The number of nitrogens with zero attached hydrogens (tertiary/aromatic N) is 2. The zero-order chi connectivity index (χ0) is 16.6. The molecule has 1 N–H and O–H groups in total. The van der Waals surface area contributed by atoms with Gasteiger partial charge in [0.25, 0.3) is 5.91 Å². The molecule has 1 unspecified atom stereocenters. The van der Waals surface area contributed by atoms with E-state index in [1.165, 1.54) is 12.8 Å². The normalized spacial score (nSPS) is 16.8. The van der Waals surface area contributed by atoms with Crippen molar-refractivity contribution in [2.45, 2.75) is 58.0 Å². The van der Waals surface area contributed by atoms with E-state index in [-0.39, 0.29) is 17.6 Å². The number of aromatic amines is 1. The molecule has 1 heterocycles. The Labute approximate surface area is 136 Å². The average Bonchev–Trinajstić information content (AvgIpc) is 3.18. The fourth-order valence-corrected chi connectivity index (χ4v) is 3.47. The number of aromatic nitrogens is 2. The van der Waals surface area contributed by atoms with E-state index < -0.39 is 0 Å². The molecule has 0 saturated heterocycles. The lowest BCUT2D eigenvalue weighted by Gasteiger charge is -2.23. The molecule has 1 aromatic heterocycles. The van der Waals surface area contributed by atoms with Gasteiger partial charge in [-0.05, 0) is 44.4 Å². The Morgan fingerprint density at radius 1 is 1.39 bits per heavy atom. The molecular formula is C18H25N3O2. The quantitative estimate of drug-likeness (QED) is 0.941. The van der Waals surface area contributed by atoms with Crippen molar-refractivity contribution in [3.05, 3.63) is 34.2 Å². The summed E-state index contributed by atoms with van der Waals surface area (Å²) in [5.41, 5.74) is 2.22. The first-order valence-corrected chi connectivity index (χ1v) is 8.54. The molecule has 0 bridgehead atoms. The van der Waals surface area contributed by atoms with Gasteiger partial charge in [0, 0.05) is 24.7 Å². The van der Waals surface area contributed by atoms with Crippen molar-refractivity contribution < 1.29 is 4.79 Å². The molecule has 1 aliphatic rings. The molecule has 23 heavy (non-hydrogen) atoms. The predicted molar refractivity (Wildman–Crippen MR) is 91.9 cm³/mol. The Hall–Kier alpha value is -2.04.